The molecule has 1 aromatic carbocycles. The number of aliphatic hydroxyl groups is 1. The predicted octanol–water partition coefficient (Wildman–Crippen LogP) is 3.35. The zero-order valence-electron chi connectivity index (χ0n) is 12.8. The zero-order valence-corrected chi connectivity index (χ0v) is 13.6. The smallest absolute Gasteiger partial charge is 0.119 e. The molecule has 3 nitrogen and oxygen atoms in total. The summed E-state index contributed by atoms with van der Waals surface area (Å²) >= 11 is 1.73. The van der Waals surface area contributed by atoms with Gasteiger partial charge in [-0.05, 0) is 60.5 Å². The van der Waals surface area contributed by atoms with Crippen molar-refractivity contribution in [3.63, 3.8) is 0 Å². The molecule has 0 amide bonds. The first-order chi connectivity index (χ1) is 10.1. The van der Waals surface area contributed by atoms with E-state index in [1.807, 2.05) is 24.3 Å². The van der Waals surface area contributed by atoms with Crippen molar-refractivity contribution in [1.29, 1.82) is 0 Å². The standard InChI is InChI=1S/C17H23NO2S/c1-13(9-14-7-8-21-12-14)18(2)11-17(19)15-5-4-6-16(10-15)20-3/h4-8,10,12-13,17,19H,9,11H2,1-3H3. The van der Waals surface area contributed by atoms with Gasteiger partial charge in [0, 0.05) is 12.6 Å². The van der Waals surface area contributed by atoms with Crippen LogP contribution in [0.1, 0.15) is 24.2 Å². The van der Waals surface area contributed by atoms with E-state index in [0.717, 1.165) is 17.7 Å². The third kappa shape index (κ3) is 4.56. The topological polar surface area (TPSA) is 32.7 Å². The third-order valence-corrected chi connectivity index (χ3v) is 4.54. The normalized spacial score (nSPS) is 14.1. The highest BCUT2D eigenvalue weighted by atomic mass is 32.1. The van der Waals surface area contributed by atoms with Crippen molar-refractivity contribution >= 4 is 11.3 Å². The molecule has 4 heteroatoms. The number of aliphatic hydroxyl groups excluding tert-OH is 1. The molecule has 0 saturated heterocycles. The van der Waals surface area contributed by atoms with E-state index in [1.165, 1.54) is 5.56 Å². The summed E-state index contributed by atoms with van der Waals surface area (Å²) in [4.78, 5) is 2.20. The molecule has 1 aromatic heterocycles. The number of hydrogen-bond donors (Lipinski definition) is 1. The van der Waals surface area contributed by atoms with Crippen molar-refractivity contribution in [3.05, 3.63) is 52.2 Å². The lowest BCUT2D eigenvalue weighted by Gasteiger charge is -2.27. The molecular weight excluding hydrogens is 282 g/mol. The van der Waals surface area contributed by atoms with Gasteiger partial charge in [0.25, 0.3) is 0 Å². The minimum atomic E-state index is -0.505. The van der Waals surface area contributed by atoms with Crippen molar-refractivity contribution in [1.82, 2.24) is 4.90 Å². The summed E-state index contributed by atoms with van der Waals surface area (Å²) in [6.45, 7) is 2.80. The average molecular weight is 305 g/mol. The Morgan fingerprint density at radius 2 is 2.14 bits per heavy atom. The summed E-state index contributed by atoms with van der Waals surface area (Å²) in [6, 6.07) is 10.2. The number of nitrogens with zero attached hydrogens (tertiary/aromatic N) is 1. The first-order valence-corrected chi connectivity index (χ1v) is 8.07. The molecule has 2 atom stereocenters. The Morgan fingerprint density at radius 3 is 2.81 bits per heavy atom. The Balaban J connectivity index is 1.92. The Bertz CT molecular complexity index is 541. The van der Waals surface area contributed by atoms with Gasteiger partial charge in [0.1, 0.15) is 5.75 Å². The molecule has 1 N–H and O–H groups in total. The fourth-order valence-corrected chi connectivity index (χ4v) is 2.99. The van der Waals surface area contributed by atoms with E-state index < -0.39 is 6.10 Å². The summed E-state index contributed by atoms with van der Waals surface area (Å²) < 4.78 is 5.20. The quantitative estimate of drug-likeness (QED) is 0.851. The molecule has 2 unspecified atom stereocenters. The van der Waals surface area contributed by atoms with Crippen LogP contribution in [0.2, 0.25) is 0 Å². The summed E-state index contributed by atoms with van der Waals surface area (Å²) in [5, 5.41) is 14.7. The highest BCUT2D eigenvalue weighted by Gasteiger charge is 2.16. The van der Waals surface area contributed by atoms with Crippen LogP contribution in [0, 0.1) is 0 Å². The van der Waals surface area contributed by atoms with Crippen LogP contribution >= 0.6 is 11.3 Å². The number of benzene rings is 1. The van der Waals surface area contributed by atoms with E-state index in [-0.39, 0.29) is 0 Å². The summed E-state index contributed by atoms with van der Waals surface area (Å²) in [6.07, 6.45) is 0.500. The van der Waals surface area contributed by atoms with Crippen molar-refractivity contribution < 1.29 is 9.84 Å². The first kappa shape index (κ1) is 16.0. The molecule has 114 valence electrons. The number of hydrogen-bond acceptors (Lipinski definition) is 4. The van der Waals surface area contributed by atoms with E-state index in [4.69, 9.17) is 4.74 Å². The molecule has 0 bridgehead atoms. The van der Waals surface area contributed by atoms with E-state index in [2.05, 4.69) is 35.7 Å². The van der Waals surface area contributed by atoms with Crippen LogP contribution in [0.15, 0.2) is 41.1 Å². The minimum absolute atomic E-state index is 0.389. The van der Waals surface area contributed by atoms with Crippen molar-refractivity contribution in [2.45, 2.75) is 25.5 Å². The first-order valence-electron chi connectivity index (χ1n) is 7.13. The van der Waals surface area contributed by atoms with Crippen molar-refractivity contribution in [2.24, 2.45) is 0 Å². The second-order valence-electron chi connectivity index (χ2n) is 5.42. The van der Waals surface area contributed by atoms with Crippen molar-refractivity contribution in [3.8, 4) is 5.75 Å². The Hall–Kier alpha value is -1.36. The van der Waals surface area contributed by atoms with Gasteiger partial charge >= 0.3 is 0 Å². The van der Waals surface area contributed by atoms with Crippen LogP contribution in [-0.2, 0) is 6.42 Å². The summed E-state index contributed by atoms with van der Waals surface area (Å²) in [5.74, 6) is 0.778. The molecule has 2 aromatic rings. The fraction of sp³-hybridized carbons (Fsp3) is 0.412. The van der Waals surface area contributed by atoms with Gasteiger partial charge in [-0.25, -0.2) is 0 Å². The minimum Gasteiger partial charge on any atom is -0.497 e. The number of thiophene rings is 1. The molecular formula is C17H23NO2S. The van der Waals surface area contributed by atoms with Gasteiger partial charge in [-0.3, -0.25) is 0 Å². The summed E-state index contributed by atoms with van der Waals surface area (Å²) in [5.41, 5.74) is 2.25. The molecule has 0 saturated carbocycles. The maximum absolute atomic E-state index is 10.4. The van der Waals surface area contributed by atoms with Gasteiger partial charge in [-0.1, -0.05) is 12.1 Å². The van der Waals surface area contributed by atoms with Crippen LogP contribution in [0.25, 0.3) is 0 Å². The predicted molar refractivity (Wildman–Crippen MR) is 88.1 cm³/mol. The molecule has 0 aliphatic heterocycles. The molecule has 0 aliphatic rings. The maximum atomic E-state index is 10.4. The number of likely N-dealkylation sites (N-methyl/N-ethyl adjacent to an activating group) is 1. The Kier molecular flexibility index (Phi) is 5.79. The van der Waals surface area contributed by atoms with Crippen LogP contribution in [0.4, 0.5) is 0 Å². The molecule has 1 heterocycles. The van der Waals surface area contributed by atoms with Gasteiger partial charge in [0.2, 0.25) is 0 Å². The molecule has 0 fully saturated rings. The highest BCUT2D eigenvalue weighted by molar-refractivity contribution is 7.07. The lowest BCUT2D eigenvalue weighted by atomic mass is 10.1. The van der Waals surface area contributed by atoms with Gasteiger partial charge in [-0.2, -0.15) is 11.3 Å². The number of methoxy groups -OCH3 is 1. The van der Waals surface area contributed by atoms with Crippen LogP contribution in [-0.4, -0.2) is 36.8 Å². The fourth-order valence-electron chi connectivity index (χ4n) is 2.31. The third-order valence-electron chi connectivity index (χ3n) is 3.80. The molecule has 0 aliphatic carbocycles. The Labute approximate surface area is 130 Å². The van der Waals surface area contributed by atoms with Gasteiger partial charge < -0.3 is 14.7 Å². The van der Waals surface area contributed by atoms with Gasteiger partial charge in [0.15, 0.2) is 0 Å². The monoisotopic (exact) mass is 305 g/mol. The van der Waals surface area contributed by atoms with E-state index in [0.29, 0.717) is 12.6 Å². The lowest BCUT2D eigenvalue weighted by molar-refractivity contribution is 0.108. The second-order valence-corrected chi connectivity index (χ2v) is 6.20. The van der Waals surface area contributed by atoms with Crippen LogP contribution in [0.5, 0.6) is 5.75 Å². The van der Waals surface area contributed by atoms with Gasteiger partial charge in [-0.15, -0.1) is 0 Å². The van der Waals surface area contributed by atoms with E-state index >= 15 is 0 Å². The van der Waals surface area contributed by atoms with Crippen molar-refractivity contribution in [2.75, 3.05) is 20.7 Å². The average Bonchev–Trinajstić information content (AvgIpc) is 3.00. The SMILES string of the molecule is COc1cccc(C(O)CN(C)C(C)Cc2ccsc2)c1. The Morgan fingerprint density at radius 1 is 1.33 bits per heavy atom. The van der Waals surface area contributed by atoms with Gasteiger partial charge in [0.05, 0.1) is 13.2 Å². The second kappa shape index (κ2) is 7.59. The van der Waals surface area contributed by atoms with E-state index in [9.17, 15) is 5.11 Å². The zero-order chi connectivity index (χ0) is 15.2. The largest absolute Gasteiger partial charge is 0.497 e. The maximum Gasteiger partial charge on any atom is 0.119 e. The molecule has 0 spiro atoms. The van der Waals surface area contributed by atoms with E-state index in [1.54, 1.807) is 18.4 Å². The molecule has 2 rings (SSSR count). The molecule has 0 radical (unpaired) electrons. The molecule has 21 heavy (non-hydrogen) atoms. The summed E-state index contributed by atoms with van der Waals surface area (Å²) in [7, 11) is 3.70. The lowest BCUT2D eigenvalue weighted by Crippen LogP contribution is -2.34. The highest BCUT2D eigenvalue weighted by Crippen LogP contribution is 2.21. The van der Waals surface area contributed by atoms with Crippen LogP contribution < -0.4 is 4.74 Å². The van der Waals surface area contributed by atoms with Crippen LogP contribution in [0.3, 0.4) is 0 Å². The number of rotatable bonds is 7. The number of ether oxygens (including phenoxy) is 1.